The molecule has 5 nitrogen and oxygen atoms in total. The van der Waals surface area contributed by atoms with Gasteiger partial charge in [-0.3, -0.25) is 4.79 Å². The van der Waals surface area contributed by atoms with E-state index in [9.17, 15) is 4.79 Å². The van der Waals surface area contributed by atoms with Crippen molar-refractivity contribution in [2.75, 3.05) is 20.1 Å². The molecule has 0 bridgehead atoms. The molecule has 2 rings (SSSR count). The summed E-state index contributed by atoms with van der Waals surface area (Å²) in [6, 6.07) is 3.41. The molecule has 0 atom stereocenters. The van der Waals surface area contributed by atoms with Gasteiger partial charge in [0.05, 0.1) is 0 Å². The van der Waals surface area contributed by atoms with Crippen LogP contribution in [0.25, 0.3) is 0 Å². The molecule has 92 valence electrons. The van der Waals surface area contributed by atoms with Crippen LogP contribution in [0.2, 0.25) is 0 Å². The fourth-order valence-corrected chi connectivity index (χ4v) is 1.73. The number of hydrazone groups is 1. The van der Waals surface area contributed by atoms with E-state index in [0.29, 0.717) is 5.76 Å². The average Bonchev–Trinajstić information content (AvgIpc) is 2.75. The Kier molecular flexibility index (Phi) is 3.58. The number of carbonyl (C=O) groups is 1. The van der Waals surface area contributed by atoms with Crippen molar-refractivity contribution in [2.24, 2.45) is 5.10 Å². The number of rotatable bonds is 2. The summed E-state index contributed by atoms with van der Waals surface area (Å²) in [7, 11) is 2.08. The smallest absolute Gasteiger partial charge is 0.307 e. The quantitative estimate of drug-likeness (QED) is 0.788. The number of amides is 1. The molecule has 1 aromatic heterocycles. The van der Waals surface area contributed by atoms with E-state index >= 15 is 0 Å². The van der Waals surface area contributed by atoms with Crippen molar-refractivity contribution < 1.29 is 9.21 Å². The molecule has 1 aromatic rings. The minimum atomic E-state index is -0.287. The molecule has 1 fully saturated rings. The lowest BCUT2D eigenvalue weighted by atomic mass is 10.1. The largest absolute Gasteiger partial charge is 0.456 e. The first-order valence-corrected chi connectivity index (χ1v) is 5.76. The second kappa shape index (κ2) is 5.14. The average molecular weight is 235 g/mol. The van der Waals surface area contributed by atoms with Crippen LogP contribution in [0.15, 0.2) is 21.7 Å². The van der Waals surface area contributed by atoms with Crippen LogP contribution in [0.4, 0.5) is 0 Å². The van der Waals surface area contributed by atoms with Gasteiger partial charge in [0.25, 0.3) is 0 Å². The molecule has 2 heterocycles. The van der Waals surface area contributed by atoms with Gasteiger partial charge in [0, 0.05) is 31.6 Å². The molecule has 1 aliphatic heterocycles. The van der Waals surface area contributed by atoms with E-state index in [1.165, 1.54) is 0 Å². The summed E-state index contributed by atoms with van der Waals surface area (Å²) >= 11 is 0. The Balaban J connectivity index is 1.89. The highest BCUT2D eigenvalue weighted by Gasteiger charge is 2.13. The number of likely N-dealkylation sites (tertiary alicyclic amines) is 1. The second-order valence-corrected chi connectivity index (χ2v) is 4.33. The molecule has 1 N–H and O–H groups in total. The van der Waals surface area contributed by atoms with Crippen LogP contribution in [0, 0.1) is 6.92 Å². The van der Waals surface area contributed by atoms with E-state index < -0.39 is 0 Å². The molecule has 0 saturated carbocycles. The lowest BCUT2D eigenvalue weighted by molar-refractivity contribution is 0.0925. The van der Waals surface area contributed by atoms with E-state index in [1.807, 2.05) is 0 Å². The van der Waals surface area contributed by atoms with Crippen molar-refractivity contribution >= 4 is 11.6 Å². The first-order chi connectivity index (χ1) is 8.15. The fourth-order valence-electron chi connectivity index (χ4n) is 1.73. The zero-order valence-corrected chi connectivity index (χ0v) is 10.2. The van der Waals surface area contributed by atoms with E-state index in [0.717, 1.165) is 37.4 Å². The fraction of sp³-hybridized carbons (Fsp3) is 0.500. The highest BCUT2D eigenvalue weighted by molar-refractivity contribution is 5.93. The van der Waals surface area contributed by atoms with E-state index in [-0.39, 0.29) is 5.91 Å². The SMILES string of the molecule is Cc1ccc(C(=O)NN=C2CCN(C)CC2)o1. The van der Waals surface area contributed by atoms with Gasteiger partial charge in [0.15, 0.2) is 5.76 Å². The Bertz CT molecular complexity index is 427. The molecule has 0 spiro atoms. The first kappa shape index (κ1) is 11.9. The van der Waals surface area contributed by atoms with Gasteiger partial charge in [-0.25, -0.2) is 5.43 Å². The van der Waals surface area contributed by atoms with Gasteiger partial charge in [-0.1, -0.05) is 0 Å². The molecule has 0 aromatic carbocycles. The van der Waals surface area contributed by atoms with Gasteiger partial charge in [-0.15, -0.1) is 0 Å². The minimum Gasteiger partial charge on any atom is -0.456 e. The Hall–Kier alpha value is -1.62. The Morgan fingerprint density at radius 1 is 1.41 bits per heavy atom. The summed E-state index contributed by atoms with van der Waals surface area (Å²) in [5, 5.41) is 4.13. The second-order valence-electron chi connectivity index (χ2n) is 4.33. The molecule has 1 saturated heterocycles. The number of nitrogens with one attached hydrogen (secondary N) is 1. The lowest BCUT2D eigenvalue weighted by Gasteiger charge is -2.22. The summed E-state index contributed by atoms with van der Waals surface area (Å²) in [6.07, 6.45) is 1.82. The number of furan rings is 1. The minimum absolute atomic E-state index is 0.287. The van der Waals surface area contributed by atoms with Crippen LogP contribution in [0.5, 0.6) is 0 Å². The van der Waals surface area contributed by atoms with Crippen molar-refractivity contribution in [1.82, 2.24) is 10.3 Å². The number of nitrogens with zero attached hydrogens (tertiary/aromatic N) is 2. The van der Waals surface area contributed by atoms with Crippen LogP contribution in [0.3, 0.4) is 0 Å². The first-order valence-electron chi connectivity index (χ1n) is 5.76. The van der Waals surface area contributed by atoms with Gasteiger partial charge in [-0.05, 0) is 26.1 Å². The van der Waals surface area contributed by atoms with Gasteiger partial charge in [0.1, 0.15) is 5.76 Å². The van der Waals surface area contributed by atoms with E-state index in [1.54, 1.807) is 19.1 Å². The van der Waals surface area contributed by atoms with Crippen molar-refractivity contribution in [3.05, 3.63) is 23.7 Å². The van der Waals surface area contributed by atoms with Gasteiger partial charge < -0.3 is 9.32 Å². The Morgan fingerprint density at radius 3 is 2.71 bits per heavy atom. The predicted octanol–water partition coefficient (Wildman–Crippen LogP) is 1.40. The van der Waals surface area contributed by atoms with Crippen LogP contribution in [-0.4, -0.2) is 36.7 Å². The molecule has 5 heteroatoms. The molecule has 0 aliphatic carbocycles. The van der Waals surface area contributed by atoms with Gasteiger partial charge in [-0.2, -0.15) is 5.10 Å². The maximum Gasteiger partial charge on any atom is 0.307 e. The third-order valence-corrected chi connectivity index (χ3v) is 2.84. The summed E-state index contributed by atoms with van der Waals surface area (Å²) < 4.78 is 5.21. The van der Waals surface area contributed by atoms with Crippen molar-refractivity contribution in [2.45, 2.75) is 19.8 Å². The number of carbonyl (C=O) groups excluding carboxylic acids is 1. The van der Waals surface area contributed by atoms with Crippen molar-refractivity contribution in [1.29, 1.82) is 0 Å². The monoisotopic (exact) mass is 235 g/mol. The predicted molar refractivity (Wildman–Crippen MR) is 65.1 cm³/mol. The summed E-state index contributed by atoms with van der Waals surface area (Å²) in [5.74, 6) is 0.742. The molecule has 1 amide bonds. The summed E-state index contributed by atoms with van der Waals surface area (Å²) in [4.78, 5) is 13.9. The van der Waals surface area contributed by atoms with E-state index in [4.69, 9.17) is 4.42 Å². The zero-order chi connectivity index (χ0) is 12.3. The normalized spacial score (nSPS) is 16.9. The molecule has 17 heavy (non-hydrogen) atoms. The van der Waals surface area contributed by atoms with Crippen LogP contribution in [-0.2, 0) is 0 Å². The lowest BCUT2D eigenvalue weighted by Crippen LogP contribution is -2.31. The third-order valence-electron chi connectivity index (χ3n) is 2.84. The molecular weight excluding hydrogens is 218 g/mol. The highest BCUT2D eigenvalue weighted by Crippen LogP contribution is 2.07. The maximum atomic E-state index is 11.6. The standard InChI is InChI=1S/C12H17N3O2/c1-9-3-4-11(17-9)12(16)14-13-10-5-7-15(2)8-6-10/h3-4H,5-8H2,1-2H3,(H,14,16). The summed E-state index contributed by atoms with van der Waals surface area (Å²) in [6.45, 7) is 3.79. The highest BCUT2D eigenvalue weighted by atomic mass is 16.3. The number of aryl methyl sites for hydroxylation is 1. The Morgan fingerprint density at radius 2 is 2.12 bits per heavy atom. The van der Waals surface area contributed by atoms with Crippen molar-refractivity contribution in [3.8, 4) is 0 Å². The molecule has 1 aliphatic rings. The summed E-state index contributed by atoms with van der Waals surface area (Å²) in [5.41, 5.74) is 3.57. The molecular formula is C12H17N3O2. The van der Waals surface area contributed by atoms with Gasteiger partial charge in [0.2, 0.25) is 0 Å². The van der Waals surface area contributed by atoms with Crippen LogP contribution in [0.1, 0.15) is 29.2 Å². The maximum absolute atomic E-state index is 11.6. The van der Waals surface area contributed by atoms with Gasteiger partial charge >= 0.3 is 5.91 Å². The topological polar surface area (TPSA) is 57.8 Å². The molecule has 0 radical (unpaired) electrons. The number of piperidine rings is 1. The molecule has 0 unspecified atom stereocenters. The van der Waals surface area contributed by atoms with E-state index in [2.05, 4.69) is 22.5 Å². The Labute approximate surface area is 100 Å². The number of hydrogen-bond acceptors (Lipinski definition) is 4. The zero-order valence-electron chi connectivity index (χ0n) is 10.2. The van der Waals surface area contributed by atoms with Crippen LogP contribution < -0.4 is 5.43 Å². The van der Waals surface area contributed by atoms with Crippen molar-refractivity contribution in [3.63, 3.8) is 0 Å². The van der Waals surface area contributed by atoms with Crippen LogP contribution >= 0.6 is 0 Å². The third kappa shape index (κ3) is 3.17. The number of hydrogen-bond donors (Lipinski definition) is 1.